The third kappa shape index (κ3) is 2.57. The van der Waals surface area contributed by atoms with Gasteiger partial charge in [0.1, 0.15) is 0 Å². The Kier molecular flexibility index (Phi) is 3.00. The minimum Gasteiger partial charge on any atom is -0.364 e. The summed E-state index contributed by atoms with van der Waals surface area (Å²) >= 11 is 0. The second kappa shape index (κ2) is 4.44. The van der Waals surface area contributed by atoms with Crippen molar-refractivity contribution in [2.45, 2.75) is 25.4 Å². The lowest BCUT2D eigenvalue weighted by Crippen LogP contribution is -2.33. The summed E-state index contributed by atoms with van der Waals surface area (Å²) in [5.74, 6) is 0. The van der Waals surface area contributed by atoms with Gasteiger partial charge >= 0.3 is 0 Å². The van der Waals surface area contributed by atoms with Gasteiger partial charge in [0, 0.05) is 31.0 Å². The average Bonchev–Trinajstić information content (AvgIpc) is 2.75. The Morgan fingerprint density at radius 3 is 3.23 bits per heavy atom. The van der Waals surface area contributed by atoms with Crippen molar-refractivity contribution >= 4 is 0 Å². The Bertz CT molecular complexity index is 224. The number of aromatic nitrogens is 1. The van der Waals surface area contributed by atoms with Crippen molar-refractivity contribution in [1.82, 2.24) is 15.6 Å². The molecule has 0 saturated carbocycles. The van der Waals surface area contributed by atoms with Crippen LogP contribution in [-0.4, -0.2) is 24.1 Å². The second-order valence-corrected chi connectivity index (χ2v) is 3.62. The molecule has 0 aliphatic carbocycles. The summed E-state index contributed by atoms with van der Waals surface area (Å²) in [4.78, 5) is 3.18. The largest absolute Gasteiger partial charge is 0.364 e. The molecule has 1 aromatic rings. The van der Waals surface area contributed by atoms with Gasteiger partial charge in [0.05, 0.1) is 0 Å². The van der Waals surface area contributed by atoms with E-state index >= 15 is 0 Å². The van der Waals surface area contributed by atoms with E-state index in [1.807, 2.05) is 12.3 Å². The smallest absolute Gasteiger partial charge is 0.0357 e. The monoisotopic (exact) mass is 179 g/mol. The fourth-order valence-corrected chi connectivity index (χ4v) is 1.79. The Morgan fingerprint density at radius 1 is 1.54 bits per heavy atom. The first-order valence-electron chi connectivity index (χ1n) is 5.01. The van der Waals surface area contributed by atoms with Crippen molar-refractivity contribution in [3.8, 4) is 0 Å². The second-order valence-electron chi connectivity index (χ2n) is 3.62. The maximum absolute atomic E-state index is 3.46. The fraction of sp³-hybridized carbons (Fsp3) is 0.600. The SMILES string of the molecule is c1c[nH]c(CNCC2CCCN2)c1. The van der Waals surface area contributed by atoms with Crippen molar-refractivity contribution in [3.05, 3.63) is 24.0 Å². The maximum Gasteiger partial charge on any atom is 0.0357 e. The zero-order chi connectivity index (χ0) is 8.93. The van der Waals surface area contributed by atoms with E-state index < -0.39 is 0 Å². The first-order chi connectivity index (χ1) is 6.45. The molecular formula is C10H17N3. The van der Waals surface area contributed by atoms with E-state index in [0.29, 0.717) is 6.04 Å². The van der Waals surface area contributed by atoms with Gasteiger partial charge in [-0.25, -0.2) is 0 Å². The van der Waals surface area contributed by atoms with Crippen LogP contribution in [0.3, 0.4) is 0 Å². The van der Waals surface area contributed by atoms with Crippen molar-refractivity contribution in [2.24, 2.45) is 0 Å². The van der Waals surface area contributed by atoms with E-state index in [2.05, 4.69) is 21.7 Å². The van der Waals surface area contributed by atoms with Crippen LogP contribution in [-0.2, 0) is 6.54 Å². The number of hydrogen-bond donors (Lipinski definition) is 3. The third-order valence-electron chi connectivity index (χ3n) is 2.53. The Labute approximate surface area is 78.9 Å². The summed E-state index contributed by atoms with van der Waals surface area (Å²) in [6, 6.07) is 4.83. The predicted molar refractivity (Wildman–Crippen MR) is 53.5 cm³/mol. The van der Waals surface area contributed by atoms with Crippen LogP contribution < -0.4 is 10.6 Å². The molecule has 0 spiro atoms. The number of aromatic amines is 1. The molecule has 1 aliphatic rings. The van der Waals surface area contributed by atoms with Gasteiger partial charge in [-0.05, 0) is 31.5 Å². The predicted octanol–water partition coefficient (Wildman–Crippen LogP) is 0.856. The number of hydrogen-bond acceptors (Lipinski definition) is 2. The molecule has 1 unspecified atom stereocenters. The van der Waals surface area contributed by atoms with E-state index in [4.69, 9.17) is 0 Å². The molecule has 2 rings (SSSR count). The van der Waals surface area contributed by atoms with Gasteiger partial charge in [-0.3, -0.25) is 0 Å². The zero-order valence-electron chi connectivity index (χ0n) is 7.84. The Hall–Kier alpha value is -0.800. The van der Waals surface area contributed by atoms with E-state index in [1.165, 1.54) is 25.1 Å². The molecule has 72 valence electrons. The van der Waals surface area contributed by atoms with Gasteiger partial charge in [-0.1, -0.05) is 0 Å². The highest BCUT2D eigenvalue weighted by Crippen LogP contribution is 2.03. The van der Waals surface area contributed by atoms with Crippen LogP contribution in [0.1, 0.15) is 18.5 Å². The van der Waals surface area contributed by atoms with Crippen LogP contribution in [0, 0.1) is 0 Å². The molecule has 1 saturated heterocycles. The maximum atomic E-state index is 3.46. The van der Waals surface area contributed by atoms with Gasteiger partial charge in [-0.2, -0.15) is 0 Å². The van der Waals surface area contributed by atoms with Gasteiger partial charge in [0.2, 0.25) is 0 Å². The molecule has 0 amide bonds. The fourth-order valence-electron chi connectivity index (χ4n) is 1.79. The standard InChI is InChI=1S/C10H17N3/c1-3-9(12-5-1)7-11-8-10-4-2-6-13-10/h1,3,5,10-13H,2,4,6-8H2. The molecule has 0 bridgehead atoms. The summed E-state index contributed by atoms with van der Waals surface area (Å²) < 4.78 is 0. The molecule has 3 heteroatoms. The molecule has 0 radical (unpaired) electrons. The first kappa shape index (κ1) is 8.78. The molecule has 1 aromatic heterocycles. The van der Waals surface area contributed by atoms with Crippen molar-refractivity contribution in [1.29, 1.82) is 0 Å². The lowest BCUT2D eigenvalue weighted by Gasteiger charge is -2.10. The normalized spacial score (nSPS) is 22.3. The lowest BCUT2D eigenvalue weighted by atomic mass is 10.2. The van der Waals surface area contributed by atoms with Gasteiger partial charge in [0.25, 0.3) is 0 Å². The van der Waals surface area contributed by atoms with Crippen LogP contribution in [0.2, 0.25) is 0 Å². The molecule has 13 heavy (non-hydrogen) atoms. The summed E-state index contributed by atoms with van der Waals surface area (Å²) in [5, 5.41) is 6.90. The van der Waals surface area contributed by atoms with Gasteiger partial charge in [-0.15, -0.1) is 0 Å². The number of nitrogens with one attached hydrogen (secondary N) is 3. The van der Waals surface area contributed by atoms with Crippen molar-refractivity contribution in [3.63, 3.8) is 0 Å². The van der Waals surface area contributed by atoms with Crippen LogP contribution in [0.4, 0.5) is 0 Å². The molecule has 1 fully saturated rings. The van der Waals surface area contributed by atoms with Crippen LogP contribution in [0.5, 0.6) is 0 Å². The topological polar surface area (TPSA) is 39.9 Å². The highest BCUT2D eigenvalue weighted by atomic mass is 15.0. The number of rotatable bonds is 4. The minimum atomic E-state index is 0.690. The molecule has 3 N–H and O–H groups in total. The molecule has 1 atom stereocenters. The highest BCUT2D eigenvalue weighted by Gasteiger charge is 2.12. The zero-order valence-corrected chi connectivity index (χ0v) is 7.84. The minimum absolute atomic E-state index is 0.690. The Morgan fingerprint density at radius 2 is 2.54 bits per heavy atom. The van der Waals surface area contributed by atoms with Crippen molar-refractivity contribution in [2.75, 3.05) is 13.1 Å². The lowest BCUT2D eigenvalue weighted by molar-refractivity contribution is 0.533. The van der Waals surface area contributed by atoms with Crippen LogP contribution in [0.15, 0.2) is 18.3 Å². The van der Waals surface area contributed by atoms with Crippen LogP contribution >= 0.6 is 0 Å². The Balaban J connectivity index is 1.63. The highest BCUT2D eigenvalue weighted by molar-refractivity contribution is 5.02. The summed E-state index contributed by atoms with van der Waals surface area (Å²) in [7, 11) is 0. The number of H-pyrrole nitrogens is 1. The van der Waals surface area contributed by atoms with Gasteiger partial charge < -0.3 is 15.6 Å². The van der Waals surface area contributed by atoms with E-state index in [0.717, 1.165) is 13.1 Å². The third-order valence-corrected chi connectivity index (χ3v) is 2.53. The molecular weight excluding hydrogens is 162 g/mol. The summed E-state index contributed by atoms with van der Waals surface area (Å²) in [6.45, 7) is 3.22. The molecule has 1 aliphatic heterocycles. The van der Waals surface area contributed by atoms with E-state index in [1.54, 1.807) is 0 Å². The summed E-state index contributed by atoms with van der Waals surface area (Å²) in [5.41, 5.74) is 1.26. The molecule has 0 aromatic carbocycles. The van der Waals surface area contributed by atoms with Crippen LogP contribution in [0.25, 0.3) is 0 Å². The van der Waals surface area contributed by atoms with Crippen molar-refractivity contribution < 1.29 is 0 Å². The van der Waals surface area contributed by atoms with Gasteiger partial charge in [0.15, 0.2) is 0 Å². The molecule has 3 nitrogen and oxygen atoms in total. The summed E-state index contributed by atoms with van der Waals surface area (Å²) in [6.07, 6.45) is 4.61. The average molecular weight is 179 g/mol. The quantitative estimate of drug-likeness (QED) is 0.641. The van der Waals surface area contributed by atoms with E-state index in [9.17, 15) is 0 Å². The van der Waals surface area contributed by atoms with E-state index in [-0.39, 0.29) is 0 Å². The molecule has 2 heterocycles. The first-order valence-corrected chi connectivity index (χ1v) is 5.01.